The Morgan fingerprint density at radius 2 is 2.40 bits per heavy atom. The standard InChI is InChI=1S/C2H4BrFO/c3-1-5-2-4/h1-2H2. The topological polar surface area (TPSA) is 9.23 Å². The fraction of sp³-hybridized carbons (Fsp3) is 1.00. The maximum absolute atomic E-state index is 10.7. The quantitative estimate of drug-likeness (QED) is 0.529. The van der Waals surface area contributed by atoms with Crippen LogP contribution in [0.1, 0.15) is 0 Å². The molecule has 0 aliphatic rings. The van der Waals surface area contributed by atoms with E-state index in [0.29, 0.717) is 0 Å². The number of ether oxygens (including phenoxy) is 1. The van der Waals surface area contributed by atoms with Crippen molar-refractivity contribution in [2.45, 2.75) is 0 Å². The molecule has 32 valence electrons. The number of rotatable bonds is 2. The van der Waals surface area contributed by atoms with Crippen LogP contribution >= 0.6 is 15.9 Å². The van der Waals surface area contributed by atoms with Crippen molar-refractivity contribution in [1.29, 1.82) is 0 Å². The Bertz CT molecular complexity index is 17.1. The monoisotopic (exact) mass is 142 g/mol. The van der Waals surface area contributed by atoms with Gasteiger partial charge in [0.15, 0.2) is 6.86 Å². The molecular weight excluding hydrogens is 139 g/mol. The van der Waals surface area contributed by atoms with Crippen LogP contribution in [0.25, 0.3) is 0 Å². The molecule has 0 heterocycles. The molecule has 0 saturated heterocycles. The van der Waals surface area contributed by atoms with Gasteiger partial charge >= 0.3 is 0 Å². The second-order valence-electron chi connectivity index (χ2n) is 0.422. The molecule has 0 atom stereocenters. The van der Waals surface area contributed by atoms with Crippen LogP contribution in [0, 0.1) is 0 Å². The zero-order chi connectivity index (χ0) is 4.12. The molecule has 0 aromatic carbocycles. The normalized spacial score (nSPS) is 8.40. The largest absolute Gasteiger partial charge is 0.339 e. The van der Waals surface area contributed by atoms with Gasteiger partial charge in [0.25, 0.3) is 0 Å². The van der Waals surface area contributed by atoms with Gasteiger partial charge in [-0.25, -0.2) is 4.39 Å². The fourth-order valence-corrected chi connectivity index (χ4v) is 0.152. The van der Waals surface area contributed by atoms with E-state index in [0.717, 1.165) is 0 Å². The molecule has 0 spiro atoms. The van der Waals surface area contributed by atoms with Crippen molar-refractivity contribution in [2.75, 3.05) is 12.4 Å². The summed E-state index contributed by atoms with van der Waals surface area (Å²) in [6.45, 7) is -0.703. The van der Waals surface area contributed by atoms with Gasteiger partial charge in [0.05, 0.1) is 0 Å². The van der Waals surface area contributed by atoms with Crippen molar-refractivity contribution in [1.82, 2.24) is 0 Å². The molecule has 0 fully saturated rings. The Morgan fingerprint density at radius 1 is 1.80 bits per heavy atom. The third-order valence-electron chi connectivity index (χ3n) is 0.154. The van der Waals surface area contributed by atoms with Crippen molar-refractivity contribution in [2.24, 2.45) is 0 Å². The van der Waals surface area contributed by atoms with Crippen LogP contribution in [0.4, 0.5) is 4.39 Å². The zero-order valence-corrected chi connectivity index (χ0v) is 4.16. The Labute approximate surface area is 38.3 Å². The molecule has 0 aliphatic heterocycles. The lowest BCUT2D eigenvalue weighted by Gasteiger charge is -1.81. The van der Waals surface area contributed by atoms with Gasteiger partial charge in [0.2, 0.25) is 0 Å². The van der Waals surface area contributed by atoms with Crippen LogP contribution in [0.5, 0.6) is 0 Å². The van der Waals surface area contributed by atoms with Crippen LogP contribution in [0.3, 0.4) is 0 Å². The van der Waals surface area contributed by atoms with Crippen molar-refractivity contribution >= 4 is 15.9 Å². The van der Waals surface area contributed by atoms with E-state index >= 15 is 0 Å². The van der Waals surface area contributed by atoms with E-state index in [9.17, 15) is 4.39 Å². The van der Waals surface area contributed by atoms with Crippen LogP contribution < -0.4 is 0 Å². The first kappa shape index (κ1) is 5.37. The highest BCUT2D eigenvalue weighted by atomic mass is 79.9. The predicted molar refractivity (Wildman–Crippen MR) is 20.9 cm³/mol. The summed E-state index contributed by atoms with van der Waals surface area (Å²) in [5, 5.41) is 0. The molecule has 0 aliphatic carbocycles. The van der Waals surface area contributed by atoms with Crippen LogP contribution in [0.2, 0.25) is 0 Å². The first-order chi connectivity index (χ1) is 2.41. The minimum absolute atomic E-state index is 0.281. The Kier molecular flexibility index (Phi) is 4.69. The van der Waals surface area contributed by atoms with Gasteiger partial charge in [-0.15, -0.1) is 0 Å². The molecule has 3 heteroatoms. The molecular formula is C2H4BrFO. The lowest BCUT2D eigenvalue weighted by molar-refractivity contribution is 0.0949. The third-order valence-corrected chi connectivity index (χ3v) is 0.478. The second-order valence-corrected chi connectivity index (χ2v) is 0.880. The van der Waals surface area contributed by atoms with E-state index in [4.69, 9.17) is 0 Å². The molecule has 5 heavy (non-hydrogen) atoms. The molecule has 0 rings (SSSR count). The predicted octanol–water partition coefficient (Wildman–Crippen LogP) is 1.28. The first-order valence-corrected chi connectivity index (χ1v) is 2.23. The summed E-state index contributed by atoms with van der Waals surface area (Å²) < 4.78 is 14.8. The van der Waals surface area contributed by atoms with Crippen molar-refractivity contribution < 1.29 is 9.13 Å². The molecule has 0 unspecified atom stereocenters. The zero-order valence-electron chi connectivity index (χ0n) is 2.58. The molecule has 1 nitrogen and oxygen atoms in total. The van der Waals surface area contributed by atoms with E-state index in [1.54, 1.807) is 0 Å². The lowest BCUT2D eigenvalue weighted by atomic mass is 11.5. The van der Waals surface area contributed by atoms with E-state index in [2.05, 4.69) is 20.7 Å². The summed E-state index contributed by atoms with van der Waals surface area (Å²) in [5.41, 5.74) is 0.281. The Balaban J connectivity index is 2.19. The maximum Gasteiger partial charge on any atom is 0.189 e. The molecule has 0 aromatic heterocycles. The molecule has 0 saturated carbocycles. The molecule has 0 bridgehead atoms. The van der Waals surface area contributed by atoms with Gasteiger partial charge in [0, 0.05) is 0 Å². The number of halogens is 2. The summed E-state index contributed by atoms with van der Waals surface area (Å²) in [6, 6.07) is 0. The highest BCUT2D eigenvalue weighted by Gasteiger charge is 1.69. The highest BCUT2D eigenvalue weighted by molar-refractivity contribution is 9.09. The van der Waals surface area contributed by atoms with E-state index in [-0.39, 0.29) is 5.52 Å². The van der Waals surface area contributed by atoms with Gasteiger partial charge in [0.1, 0.15) is 5.52 Å². The molecule has 0 N–H and O–H groups in total. The summed E-state index contributed by atoms with van der Waals surface area (Å²) in [6.07, 6.45) is 0. The highest BCUT2D eigenvalue weighted by Crippen LogP contribution is 1.79. The van der Waals surface area contributed by atoms with Gasteiger partial charge < -0.3 is 4.74 Å². The summed E-state index contributed by atoms with van der Waals surface area (Å²) in [4.78, 5) is 0. The van der Waals surface area contributed by atoms with Crippen LogP contribution in [-0.4, -0.2) is 12.4 Å². The Hall–Kier alpha value is 0.370. The maximum atomic E-state index is 10.7. The van der Waals surface area contributed by atoms with Crippen LogP contribution in [0.15, 0.2) is 0 Å². The molecule has 0 aromatic rings. The smallest absolute Gasteiger partial charge is 0.189 e. The summed E-state index contributed by atoms with van der Waals surface area (Å²) in [7, 11) is 0. The SMILES string of the molecule is FCOCBr. The van der Waals surface area contributed by atoms with Gasteiger partial charge in [-0.2, -0.15) is 0 Å². The van der Waals surface area contributed by atoms with Crippen LogP contribution in [-0.2, 0) is 4.74 Å². The number of hydrogen-bond acceptors (Lipinski definition) is 1. The minimum Gasteiger partial charge on any atom is -0.339 e. The van der Waals surface area contributed by atoms with Gasteiger partial charge in [-0.1, -0.05) is 15.9 Å². The van der Waals surface area contributed by atoms with Gasteiger partial charge in [-0.3, -0.25) is 0 Å². The van der Waals surface area contributed by atoms with Crippen molar-refractivity contribution in [3.63, 3.8) is 0 Å². The average Bonchev–Trinajstić information content (AvgIpc) is 1.41. The summed E-state index contributed by atoms with van der Waals surface area (Å²) >= 11 is 2.85. The number of alkyl halides is 2. The van der Waals surface area contributed by atoms with Crippen molar-refractivity contribution in [3.05, 3.63) is 0 Å². The first-order valence-electron chi connectivity index (χ1n) is 1.11. The molecule has 0 amide bonds. The fourth-order valence-electron chi connectivity index (χ4n) is 0.0292. The second kappa shape index (κ2) is 4.37. The van der Waals surface area contributed by atoms with E-state index < -0.39 is 6.86 Å². The average molecular weight is 143 g/mol. The third kappa shape index (κ3) is 4.37. The summed E-state index contributed by atoms with van der Waals surface area (Å²) in [5.74, 6) is 0. The lowest BCUT2D eigenvalue weighted by Crippen LogP contribution is -1.79. The molecule has 0 radical (unpaired) electrons. The van der Waals surface area contributed by atoms with E-state index in [1.807, 2.05) is 0 Å². The van der Waals surface area contributed by atoms with Gasteiger partial charge in [-0.05, 0) is 0 Å². The Morgan fingerprint density at radius 3 is 2.40 bits per heavy atom. The minimum atomic E-state index is -0.703. The number of hydrogen-bond donors (Lipinski definition) is 0. The van der Waals surface area contributed by atoms with E-state index in [1.165, 1.54) is 0 Å². The van der Waals surface area contributed by atoms with Crippen molar-refractivity contribution in [3.8, 4) is 0 Å².